The van der Waals surface area contributed by atoms with Gasteiger partial charge in [0.05, 0.1) is 6.33 Å². The zero-order valence-corrected chi connectivity index (χ0v) is 10.4. The molecule has 20 heavy (non-hydrogen) atoms. The third-order valence-electron chi connectivity index (χ3n) is 3.19. The van der Waals surface area contributed by atoms with Gasteiger partial charge in [-0.25, -0.2) is 10.8 Å². The van der Waals surface area contributed by atoms with Crippen LogP contribution in [-0.4, -0.2) is 31.5 Å². The normalized spacial score (nSPS) is 22.2. The lowest BCUT2D eigenvalue weighted by molar-refractivity contribution is -0.134. The van der Waals surface area contributed by atoms with Gasteiger partial charge in [0.15, 0.2) is 11.2 Å². The number of nitrogen functional groups attached to an aromatic ring is 1. The molecule has 3 rings (SSSR count). The summed E-state index contributed by atoms with van der Waals surface area (Å²) in [6.45, 7) is 0. The van der Waals surface area contributed by atoms with Crippen molar-refractivity contribution in [2.75, 3.05) is 5.73 Å². The number of hydrogen-bond donors (Lipinski definition) is 4. The Balaban J connectivity index is 1.96. The third kappa shape index (κ3) is 1.90. The van der Waals surface area contributed by atoms with E-state index in [1.54, 1.807) is 4.57 Å². The zero-order chi connectivity index (χ0) is 14.3. The number of imidazole rings is 1. The van der Waals surface area contributed by atoms with Crippen molar-refractivity contribution in [2.45, 2.75) is 25.2 Å². The number of anilines is 1. The van der Waals surface area contributed by atoms with Crippen LogP contribution in [0.2, 0.25) is 0 Å². The van der Waals surface area contributed by atoms with Crippen LogP contribution in [0.25, 0.3) is 11.2 Å². The fourth-order valence-corrected chi connectivity index (χ4v) is 2.26. The van der Waals surface area contributed by atoms with Crippen molar-refractivity contribution in [3.05, 3.63) is 16.7 Å². The van der Waals surface area contributed by atoms with Gasteiger partial charge in [-0.15, -0.1) is 0 Å². The maximum Gasteiger partial charge on any atom is 0.280 e. The first-order valence-corrected chi connectivity index (χ1v) is 5.98. The minimum Gasteiger partial charge on any atom is -0.369 e. The second kappa shape index (κ2) is 4.58. The Bertz CT molecular complexity index is 721. The van der Waals surface area contributed by atoms with E-state index >= 15 is 0 Å². The van der Waals surface area contributed by atoms with Crippen molar-refractivity contribution < 1.29 is 9.53 Å². The Labute approximate surface area is 112 Å². The van der Waals surface area contributed by atoms with Crippen LogP contribution in [-0.2, 0) is 9.53 Å². The topological polar surface area (TPSA) is 154 Å². The lowest BCUT2D eigenvalue weighted by atomic mass is 10.2. The average Bonchev–Trinajstić information content (AvgIpc) is 3.03. The molecule has 1 amide bonds. The molecular weight excluding hydrogens is 266 g/mol. The van der Waals surface area contributed by atoms with Gasteiger partial charge in [0.2, 0.25) is 5.95 Å². The van der Waals surface area contributed by atoms with E-state index in [0.717, 1.165) is 0 Å². The summed E-state index contributed by atoms with van der Waals surface area (Å²) in [6, 6.07) is 0. The highest BCUT2D eigenvalue weighted by molar-refractivity contribution is 5.80. The molecule has 0 saturated carbocycles. The summed E-state index contributed by atoms with van der Waals surface area (Å²) in [5.41, 5.74) is 7.65. The number of nitrogens with two attached hydrogens (primary N) is 2. The van der Waals surface area contributed by atoms with Gasteiger partial charge < -0.3 is 10.5 Å². The first-order chi connectivity index (χ1) is 9.60. The molecule has 106 valence electrons. The van der Waals surface area contributed by atoms with Crippen LogP contribution >= 0.6 is 0 Å². The summed E-state index contributed by atoms with van der Waals surface area (Å²) in [5, 5.41) is 0. The molecule has 2 aromatic rings. The number of hydrazine groups is 1. The van der Waals surface area contributed by atoms with Crippen LogP contribution in [0.15, 0.2) is 11.1 Å². The lowest BCUT2D eigenvalue weighted by Crippen LogP contribution is -2.38. The maximum atomic E-state index is 11.7. The Morgan fingerprint density at radius 2 is 2.35 bits per heavy atom. The highest BCUT2D eigenvalue weighted by Crippen LogP contribution is 2.29. The van der Waals surface area contributed by atoms with Crippen LogP contribution in [0, 0.1) is 0 Å². The van der Waals surface area contributed by atoms with Gasteiger partial charge in [-0.05, 0) is 12.8 Å². The smallest absolute Gasteiger partial charge is 0.280 e. The van der Waals surface area contributed by atoms with Gasteiger partial charge in [-0.2, -0.15) is 4.98 Å². The van der Waals surface area contributed by atoms with Crippen molar-refractivity contribution in [1.29, 1.82) is 0 Å². The minimum absolute atomic E-state index is 0.00139. The number of rotatable bonds is 2. The number of aromatic amines is 1. The Morgan fingerprint density at radius 1 is 1.55 bits per heavy atom. The van der Waals surface area contributed by atoms with E-state index in [0.29, 0.717) is 18.5 Å². The number of amides is 1. The summed E-state index contributed by atoms with van der Waals surface area (Å²) >= 11 is 0. The highest BCUT2D eigenvalue weighted by atomic mass is 16.5. The number of hydrogen-bond acceptors (Lipinski definition) is 7. The van der Waals surface area contributed by atoms with Gasteiger partial charge >= 0.3 is 0 Å². The number of carbonyl (C=O) groups excluding carboxylic acids is 1. The highest BCUT2D eigenvalue weighted by Gasteiger charge is 2.32. The van der Waals surface area contributed by atoms with Crippen LogP contribution in [0.3, 0.4) is 0 Å². The van der Waals surface area contributed by atoms with E-state index < -0.39 is 17.9 Å². The van der Waals surface area contributed by atoms with E-state index in [1.807, 2.05) is 5.43 Å². The SMILES string of the molecule is NNC(=O)C1CCC(n2cnc3c(=O)[nH]c(N)nc32)O1. The summed E-state index contributed by atoms with van der Waals surface area (Å²) in [4.78, 5) is 33.5. The molecule has 6 N–H and O–H groups in total. The van der Waals surface area contributed by atoms with Gasteiger partial charge in [-0.1, -0.05) is 0 Å². The molecule has 0 aromatic carbocycles. The first-order valence-electron chi connectivity index (χ1n) is 5.98. The van der Waals surface area contributed by atoms with E-state index in [-0.39, 0.29) is 17.4 Å². The van der Waals surface area contributed by atoms with Crippen LogP contribution in [0.5, 0.6) is 0 Å². The molecule has 0 aliphatic carbocycles. The second-order valence-corrected chi connectivity index (χ2v) is 4.44. The Kier molecular flexibility index (Phi) is 2.88. The van der Waals surface area contributed by atoms with Gasteiger partial charge in [0.25, 0.3) is 11.5 Å². The minimum atomic E-state index is -0.623. The predicted molar refractivity (Wildman–Crippen MR) is 68.0 cm³/mol. The largest absolute Gasteiger partial charge is 0.369 e. The van der Waals surface area contributed by atoms with Crippen LogP contribution < -0.4 is 22.6 Å². The van der Waals surface area contributed by atoms with E-state index in [2.05, 4.69) is 15.0 Å². The molecule has 2 unspecified atom stereocenters. The van der Waals surface area contributed by atoms with Crippen LogP contribution in [0.4, 0.5) is 5.95 Å². The third-order valence-corrected chi connectivity index (χ3v) is 3.19. The Hall–Kier alpha value is -2.46. The summed E-state index contributed by atoms with van der Waals surface area (Å²) in [5.74, 6) is 4.69. The van der Waals surface area contributed by atoms with Crippen molar-refractivity contribution in [3.8, 4) is 0 Å². The number of H-pyrrole nitrogens is 1. The summed E-state index contributed by atoms with van der Waals surface area (Å²) in [6.07, 6.45) is 1.49. The van der Waals surface area contributed by atoms with Gasteiger partial charge in [-0.3, -0.25) is 24.6 Å². The number of nitrogens with zero attached hydrogens (tertiary/aromatic N) is 3. The standard InChI is InChI=1S/C10H13N7O3/c11-10-14-7-6(9(19)15-10)13-3-17(7)5-2-1-4(20-5)8(18)16-12/h3-5H,1-2,12H2,(H,16,18)(H3,11,14,15,19). The van der Waals surface area contributed by atoms with Crippen molar-refractivity contribution >= 4 is 23.0 Å². The number of aromatic nitrogens is 4. The number of ether oxygens (including phenoxy) is 1. The average molecular weight is 279 g/mol. The lowest BCUT2D eigenvalue weighted by Gasteiger charge is -2.14. The van der Waals surface area contributed by atoms with Crippen molar-refractivity contribution in [3.63, 3.8) is 0 Å². The van der Waals surface area contributed by atoms with Crippen LogP contribution in [0.1, 0.15) is 19.1 Å². The molecule has 0 spiro atoms. The number of carbonyl (C=O) groups is 1. The van der Waals surface area contributed by atoms with Crippen molar-refractivity contribution in [1.82, 2.24) is 24.9 Å². The molecule has 1 fully saturated rings. The predicted octanol–water partition coefficient (Wildman–Crippen LogP) is -1.63. The fraction of sp³-hybridized carbons (Fsp3) is 0.400. The van der Waals surface area contributed by atoms with E-state index in [9.17, 15) is 9.59 Å². The molecule has 0 bridgehead atoms. The van der Waals surface area contributed by atoms with Gasteiger partial charge in [0.1, 0.15) is 12.3 Å². The summed E-state index contributed by atoms with van der Waals surface area (Å²) in [7, 11) is 0. The molecule has 0 radical (unpaired) electrons. The van der Waals surface area contributed by atoms with Crippen molar-refractivity contribution in [2.24, 2.45) is 5.84 Å². The van der Waals surface area contributed by atoms with E-state index in [4.69, 9.17) is 16.3 Å². The van der Waals surface area contributed by atoms with E-state index in [1.165, 1.54) is 6.33 Å². The molecule has 10 heteroatoms. The van der Waals surface area contributed by atoms with Gasteiger partial charge in [0, 0.05) is 0 Å². The molecule has 2 aromatic heterocycles. The molecular formula is C10H13N7O3. The molecule has 10 nitrogen and oxygen atoms in total. The number of fused-ring (bicyclic) bond motifs is 1. The summed E-state index contributed by atoms with van der Waals surface area (Å²) < 4.78 is 7.17. The molecule has 2 atom stereocenters. The number of nitrogens with one attached hydrogen (secondary N) is 2. The molecule has 1 saturated heterocycles. The maximum absolute atomic E-state index is 11.7. The molecule has 3 heterocycles. The monoisotopic (exact) mass is 279 g/mol. The Morgan fingerprint density at radius 3 is 3.10 bits per heavy atom. The zero-order valence-electron chi connectivity index (χ0n) is 10.4. The fourth-order valence-electron chi connectivity index (χ4n) is 2.26. The first kappa shape index (κ1) is 12.6. The quantitative estimate of drug-likeness (QED) is 0.292. The molecule has 1 aliphatic heterocycles. The molecule has 1 aliphatic rings. The second-order valence-electron chi connectivity index (χ2n) is 4.44.